The maximum atomic E-state index is 12.3. The Balaban J connectivity index is 1.83. The van der Waals surface area contributed by atoms with Gasteiger partial charge in [0.15, 0.2) is 5.82 Å². The predicted molar refractivity (Wildman–Crippen MR) is 81.1 cm³/mol. The van der Waals surface area contributed by atoms with Gasteiger partial charge < -0.3 is 13.8 Å². The van der Waals surface area contributed by atoms with Gasteiger partial charge in [0, 0.05) is 19.6 Å². The molecule has 0 amide bonds. The van der Waals surface area contributed by atoms with E-state index < -0.39 is 0 Å². The first-order valence-electron chi connectivity index (χ1n) is 7.01. The molecule has 7 nitrogen and oxygen atoms in total. The maximum Gasteiger partial charge on any atom is 0.268 e. The van der Waals surface area contributed by atoms with Gasteiger partial charge in [-0.25, -0.2) is 4.98 Å². The van der Waals surface area contributed by atoms with E-state index in [0.717, 1.165) is 23.5 Å². The van der Waals surface area contributed by atoms with Crippen LogP contribution in [0.2, 0.25) is 0 Å². The second kappa shape index (κ2) is 4.99. The Morgan fingerprint density at radius 2 is 2.32 bits per heavy atom. The van der Waals surface area contributed by atoms with E-state index in [2.05, 4.69) is 15.1 Å². The third kappa shape index (κ3) is 1.98. The zero-order valence-corrected chi connectivity index (χ0v) is 13.0. The van der Waals surface area contributed by atoms with Gasteiger partial charge in [-0.3, -0.25) is 4.79 Å². The van der Waals surface area contributed by atoms with Gasteiger partial charge >= 0.3 is 0 Å². The number of aryl methyl sites for hydroxylation is 2. The number of thiophene rings is 1. The first-order valence-corrected chi connectivity index (χ1v) is 7.83. The average molecular weight is 318 g/mol. The van der Waals surface area contributed by atoms with Crippen LogP contribution >= 0.6 is 11.3 Å². The molecule has 0 radical (unpaired) electrons. The first-order chi connectivity index (χ1) is 10.6. The molecule has 1 fully saturated rings. The van der Waals surface area contributed by atoms with E-state index in [9.17, 15) is 4.79 Å². The van der Waals surface area contributed by atoms with E-state index in [4.69, 9.17) is 9.26 Å². The molecule has 0 spiro atoms. The van der Waals surface area contributed by atoms with Crippen LogP contribution in [0.3, 0.4) is 0 Å². The van der Waals surface area contributed by atoms with Gasteiger partial charge in [-0.1, -0.05) is 5.16 Å². The Bertz CT molecular complexity index is 905. The Kier molecular flexibility index (Phi) is 3.08. The van der Waals surface area contributed by atoms with Crippen LogP contribution < -0.4 is 5.56 Å². The molecule has 0 saturated carbocycles. The zero-order chi connectivity index (χ0) is 15.3. The minimum absolute atomic E-state index is 0.0612. The van der Waals surface area contributed by atoms with Crippen LogP contribution in [0.15, 0.2) is 15.6 Å². The molecule has 0 aromatic carbocycles. The summed E-state index contributed by atoms with van der Waals surface area (Å²) in [6.45, 7) is 3.25. The topological polar surface area (TPSA) is 83.0 Å². The summed E-state index contributed by atoms with van der Waals surface area (Å²) in [6, 6.07) is 0. The van der Waals surface area contributed by atoms with E-state index in [-0.39, 0.29) is 11.5 Å². The minimum atomic E-state index is -0.0612. The van der Waals surface area contributed by atoms with Crippen molar-refractivity contribution in [1.29, 1.82) is 0 Å². The van der Waals surface area contributed by atoms with Crippen molar-refractivity contribution in [1.82, 2.24) is 19.7 Å². The quantitative estimate of drug-likeness (QED) is 0.717. The van der Waals surface area contributed by atoms with E-state index in [1.165, 1.54) is 22.2 Å². The monoisotopic (exact) mass is 318 g/mol. The predicted octanol–water partition coefficient (Wildman–Crippen LogP) is 1.86. The van der Waals surface area contributed by atoms with Crippen LogP contribution in [-0.2, 0) is 11.8 Å². The van der Waals surface area contributed by atoms with Crippen molar-refractivity contribution in [2.45, 2.75) is 19.3 Å². The lowest BCUT2D eigenvalue weighted by Crippen LogP contribution is -2.16. The van der Waals surface area contributed by atoms with Crippen LogP contribution in [0.25, 0.3) is 21.0 Å². The molecule has 4 rings (SSSR count). The molecule has 4 heterocycles. The Hall–Kier alpha value is -2.06. The van der Waals surface area contributed by atoms with Crippen LogP contribution in [0.1, 0.15) is 23.7 Å². The molecule has 1 saturated heterocycles. The van der Waals surface area contributed by atoms with Crippen LogP contribution in [-0.4, -0.2) is 32.9 Å². The highest BCUT2D eigenvalue weighted by Gasteiger charge is 2.25. The van der Waals surface area contributed by atoms with E-state index in [1.54, 1.807) is 7.05 Å². The molecule has 0 unspecified atom stereocenters. The van der Waals surface area contributed by atoms with Gasteiger partial charge in [0.05, 0.1) is 23.2 Å². The lowest BCUT2D eigenvalue weighted by Gasteiger charge is -1.97. The summed E-state index contributed by atoms with van der Waals surface area (Å²) in [6.07, 6.45) is 2.44. The Morgan fingerprint density at radius 1 is 1.45 bits per heavy atom. The summed E-state index contributed by atoms with van der Waals surface area (Å²) in [4.78, 5) is 22.5. The first kappa shape index (κ1) is 13.6. The smallest absolute Gasteiger partial charge is 0.268 e. The lowest BCUT2D eigenvalue weighted by molar-refractivity contribution is 0.192. The Labute approximate surface area is 129 Å². The number of hydrogen-bond acceptors (Lipinski definition) is 7. The molecular formula is C14H14N4O3S. The molecule has 3 aromatic heterocycles. The second-order valence-electron chi connectivity index (χ2n) is 5.42. The minimum Gasteiger partial charge on any atom is -0.381 e. The van der Waals surface area contributed by atoms with Crippen molar-refractivity contribution >= 4 is 21.6 Å². The number of aromatic nitrogens is 4. The number of ether oxygens (including phenoxy) is 1. The number of hydrogen-bond donors (Lipinski definition) is 0. The number of rotatable bonds is 2. The highest BCUT2D eigenvalue weighted by Crippen LogP contribution is 2.35. The summed E-state index contributed by atoms with van der Waals surface area (Å²) >= 11 is 1.40. The van der Waals surface area contributed by atoms with Crippen LogP contribution in [0.5, 0.6) is 0 Å². The molecule has 1 aliphatic rings. The number of fused-ring (bicyclic) bond motifs is 1. The lowest BCUT2D eigenvalue weighted by atomic mass is 10.1. The summed E-state index contributed by atoms with van der Waals surface area (Å²) in [5.41, 5.74) is 0.778. The molecule has 0 N–H and O–H groups in total. The number of nitrogens with zero attached hydrogens (tertiary/aromatic N) is 4. The van der Waals surface area contributed by atoms with Gasteiger partial charge in [0.25, 0.3) is 11.4 Å². The average Bonchev–Trinajstić information content (AvgIpc) is 3.22. The van der Waals surface area contributed by atoms with Gasteiger partial charge in [-0.05, 0) is 18.9 Å². The fourth-order valence-electron chi connectivity index (χ4n) is 2.64. The van der Waals surface area contributed by atoms with Crippen LogP contribution in [0.4, 0.5) is 0 Å². The van der Waals surface area contributed by atoms with Crippen molar-refractivity contribution in [3.05, 3.63) is 28.1 Å². The standard InChI is InChI=1S/C14H14N4O3S/c1-7-9-13(15-6-18(2)14(9)19)22-10(7)12-16-11(17-21-12)8-3-4-20-5-8/h6,8H,3-5H2,1-2H3/t8-/m1/s1. The van der Waals surface area contributed by atoms with E-state index in [1.807, 2.05) is 6.92 Å². The van der Waals surface area contributed by atoms with Gasteiger partial charge in [-0.15, -0.1) is 11.3 Å². The highest BCUT2D eigenvalue weighted by atomic mass is 32.1. The van der Waals surface area contributed by atoms with Gasteiger partial charge in [0.1, 0.15) is 4.83 Å². The molecule has 1 atom stereocenters. The summed E-state index contributed by atoms with van der Waals surface area (Å²) < 4.78 is 12.2. The van der Waals surface area contributed by atoms with Crippen molar-refractivity contribution < 1.29 is 9.26 Å². The third-order valence-corrected chi connectivity index (χ3v) is 5.13. The fraction of sp³-hybridized carbons (Fsp3) is 0.429. The molecule has 114 valence electrons. The van der Waals surface area contributed by atoms with E-state index >= 15 is 0 Å². The molecule has 3 aromatic rings. The SMILES string of the molecule is Cc1c(-c2nc([C@@H]3CCOC3)no2)sc2ncn(C)c(=O)c12. The largest absolute Gasteiger partial charge is 0.381 e. The van der Waals surface area contributed by atoms with Crippen molar-refractivity contribution in [3.63, 3.8) is 0 Å². The Morgan fingerprint density at radius 3 is 3.09 bits per heavy atom. The molecule has 0 aliphatic carbocycles. The van der Waals surface area contributed by atoms with Gasteiger partial charge in [-0.2, -0.15) is 4.98 Å². The third-order valence-electron chi connectivity index (χ3n) is 3.94. The molecule has 0 bridgehead atoms. The van der Waals surface area contributed by atoms with Crippen LogP contribution in [0, 0.1) is 6.92 Å². The summed E-state index contributed by atoms with van der Waals surface area (Å²) in [7, 11) is 1.69. The second-order valence-corrected chi connectivity index (χ2v) is 6.41. The zero-order valence-electron chi connectivity index (χ0n) is 12.2. The fourth-order valence-corrected chi connectivity index (χ4v) is 3.70. The normalized spacial score (nSPS) is 18.4. The van der Waals surface area contributed by atoms with Gasteiger partial charge in [0.2, 0.25) is 0 Å². The van der Waals surface area contributed by atoms with Crippen molar-refractivity contribution in [3.8, 4) is 10.8 Å². The maximum absolute atomic E-state index is 12.3. The molecule has 1 aliphatic heterocycles. The van der Waals surface area contributed by atoms with Crippen molar-refractivity contribution in [2.75, 3.05) is 13.2 Å². The molecule has 8 heteroatoms. The molecular weight excluding hydrogens is 304 g/mol. The highest BCUT2D eigenvalue weighted by molar-refractivity contribution is 7.22. The molecule has 22 heavy (non-hydrogen) atoms. The van der Waals surface area contributed by atoms with E-state index in [0.29, 0.717) is 28.5 Å². The van der Waals surface area contributed by atoms with Crippen molar-refractivity contribution in [2.24, 2.45) is 7.05 Å². The summed E-state index contributed by atoms with van der Waals surface area (Å²) in [5.74, 6) is 1.31. The summed E-state index contributed by atoms with van der Waals surface area (Å²) in [5, 5.41) is 4.68.